The molecule has 3 rings (SSSR count). The molecule has 0 bridgehead atoms. The van der Waals surface area contributed by atoms with E-state index < -0.39 is 0 Å². The van der Waals surface area contributed by atoms with Crippen LogP contribution in [0.15, 0.2) is 30.5 Å². The van der Waals surface area contributed by atoms with Crippen LogP contribution in [0, 0.1) is 11.7 Å². The number of halogens is 1. The highest BCUT2D eigenvalue weighted by Gasteiger charge is 2.29. The van der Waals surface area contributed by atoms with Crippen LogP contribution in [0.4, 0.5) is 4.39 Å². The Balaban J connectivity index is 1.79. The zero-order chi connectivity index (χ0) is 15.5. The Morgan fingerprint density at radius 2 is 2.18 bits per heavy atom. The molecule has 0 unspecified atom stereocenters. The second-order valence-electron chi connectivity index (χ2n) is 5.68. The lowest BCUT2D eigenvalue weighted by molar-refractivity contribution is 0.0727. The summed E-state index contributed by atoms with van der Waals surface area (Å²) < 4.78 is 15.5. The van der Waals surface area contributed by atoms with Gasteiger partial charge in [0.2, 0.25) is 0 Å². The Morgan fingerprint density at radius 3 is 2.82 bits per heavy atom. The molecular formula is C16H19FN4O. The van der Waals surface area contributed by atoms with Crippen molar-refractivity contribution in [3.05, 3.63) is 47.5 Å². The maximum atomic E-state index is 13.9. The van der Waals surface area contributed by atoms with Crippen LogP contribution in [0.25, 0.3) is 0 Å². The fourth-order valence-corrected chi connectivity index (χ4v) is 2.38. The maximum absolute atomic E-state index is 13.9. The van der Waals surface area contributed by atoms with Crippen molar-refractivity contribution in [1.82, 2.24) is 19.9 Å². The summed E-state index contributed by atoms with van der Waals surface area (Å²) in [5, 5.41) is 7.83. The molecule has 5 nitrogen and oxygen atoms in total. The zero-order valence-electron chi connectivity index (χ0n) is 12.6. The highest BCUT2D eigenvalue weighted by molar-refractivity contribution is 5.91. The van der Waals surface area contributed by atoms with Crippen molar-refractivity contribution in [3.8, 4) is 0 Å². The first-order chi connectivity index (χ1) is 10.7. The first-order valence-corrected chi connectivity index (χ1v) is 7.60. The van der Waals surface area contributed by atoms with E-state index in [2.05, 4.69) is 10.3 Å². The summed E-state index contributed by atoms with van der Waals surface area (Å²) >= 11 is 0. The van der Waals surface area contributed by atoms with Crippen molar-refractivity contribution in [1.29, 1.82) is 0 Å². The van der Waals surface area contributed by atoms with Crippen LogP contribution in [0.5, 0.6) is 0 Å². The van der Waals surface area contributed by atoms with Gasteiger partial charge in [0, 0.05) is 25.2 Å². The molecular weight excluding hydrogens is 283 g/mol. The van der Waals surface area contributed by atoms with Gasteiger partial charge in [-0.1, -0.05) is 23.4 Å². The van der Waals surface area contributed by atoms with Gasteiger partial charge in [-0.3, -0.25) is 9.48 Å². The van der Waals surface area contributed by atoms with Crippen molar-refractivity contribution in [2.24, 2.45) is 5.92 Å². The molecule has 0 radical (unpaired) electrons. The lowest BCUT2D eigenvalue weighted by Gasteiger charge is -2.22. The van der Waals surface area contributed by atoms with E-state index in [1.54, 1.807) is 34.0 Å². The molecule has 0 atom stereocenters. The third kappa shape index (κ3) is 3.32. The van der Waals surface area contributed by atoms with Crippen LogP contribution in [-0.2, 0) is 13.1 Å². The normalized spacial score (nSPS) is 14.1. The summed E-state index contributed by atoms with van der Waals surface area (Å²) in [4.78, 5) is 14.3. The van der Waals surface area contributed by atoms with E-state index in [1.807, 2.05) is 6.92 Å². The molecule has 1 aromatic carbocycles. The van der Waals surface area contributed by atoms with Crippen LogP contribution in [0.2, 0.25) is 0 Å². The van der Waals surface area contributed by atoms with E-state index in [0.29, 0.717) is 30.3 Å². The highest BCUT2D eigenvalue weighted by Crippen LogP contribution is 2.30. The number of nitrogens with zero attached hydrogens (tertiary/aromatic N) is 4. The molecule has 2 aromatic rings. The molecule has 1 aromatic heterocycles. The summed E-state index contributed by atoms with van der Waals surface area (Å²) in [7, 11) is 0. The first kappa shape index (κ1) is 14.7. The smallest absolute Gasteiger partial charge is 0.276 e. The van der Waals surface area contributed by atoms with Crippen molar-refractivity contribution >= 4 is 5.91 Å². The third-order valence-electron chi connectivity index (χ3n) is 3.86. The fraction of sp³-hybridized carbons (Fsp3) is 0.438. The largest absolute Gasteiger partial charge is 0.332 e. The minimum absolute atomic E-state index is 0.185. The van der Waals surface area contributed by atoms with Crippen molar-refractivity contribution in [2.75, 3.05) is 6.54 Å². The summed E-state index contributed by atoms with van der Waals surface area (Å²) in [6, 6.07) is 6.57. The third-order valence-corrected chi connectivity index (χ3v) is 3.86. The zero-order valence-corrected chi connectivity index (χ0v) is 12.6. The van der Waals surface area contributed by atoms with E-state index in [1.165, 1.54) is 6.07 Å². The van der Waals surface area contributed by atoms with Crippen LogP contribution < -0.4 is 0 Å². The van der Waals surface area contributed by atoms with E-state index in [0.717, 1.165) is 12.8 Å². The van der Waals surface area contributed by atoms with E-state index in [9.17, 15) is 9.18 Å². The molecule has 1 amide bonds. The van der Waals surface area contributed by atoms with Crippen LogP contribution in [-0.4, -0.2) is 32.3 Å². The number of hydrogen-bond acceptors (Lipinski definition) is 3. The molecule has 22 heavy (non-hydrogen) atoms. The maximum Gasteiger partial charge on any atom is 0.276 e. The summed E-state index contributed by atoms with van der Waals surface area (Å²) in [5.74, 6) is 0.0557. The molecule has 1 aliphatic rings. The van der Waals surface area contributed by atoms with Gasteiger partial charge in [0.1, 0.15) is 5.82 Å². The number of aromatic nitrogens is 3. The number of aryl methyl sites for hydroxylation is 1. The lowest BCUT2D eigenvalue weighted by Crippen LogP contribution is -2.33. The minimum Gasteiger partial charge on any atom is -0.332 e. The molecule has 0 aliphatic heterocycles. The van der Waals surface area contributed by atoms with E-state index in [4.69, 9.17) is 0 Å². The van der Waals surface area contributed by atoms with Gasteiger partial charge in [0.15, 0.2) is 5.69 Å². The predicted molar refractivity (Wildman–Crippen MR) is 79.6 cm³/mol. The molecule has 0 saturated heterocycles. The van der Waals surface area contributed by atoms with Gasteiger partial charge < -0.3 is 4.90 Å². The van der Waals surface area contributed by atoms with Gasteiger partial charge in [-0.15, -0.1) is 5.10 Å². The van der Waals surface area contributed by atoms with Crippen LogP contribution in [0.1, 0.15) is 35.8 Å². The summed E-state index contributed by atoms with van der Waals surface area (Å²) in [5.41, 5.74) is 0.846. The molecule has 0 N–H and O–H groups in total. The molecule has 116 valence electrons. The Kier molecular flexibility index (Phi) is 4.18. The number of carbonyl (C=O) groups is 1. The lowest BCUT2D eigenvalue weighted by atomic mass is 10.2. The van der Waals surface area contributed by atoms with Gasteiger partial charge in [0.25, 0.3) is 5.91 Å². The van der Waals surface area contributed by atoms with E-state index in [-0.39, 0.29) is 18.3 Å². The number of rotatable bonds is 6. The van der Waals surface area contributed by atoms with Gasteiger partial charge >= 0.3 is 0 Å². The second-order valence-corrected chi connectivity index (χ2v) is 5.68. The van der Waals surface area contributed by atoms with Crippen LogP contribution >= 0.6 is 0 Å². The average molecular weight is 302 g/mol. The van der Waals surface area contributed by atoms with Gasteiger partial charge in [-0.2, -0.15) is 0 Å². The molecule has 0 spiro atoms. The Morgan fingerprint density at radius 1 is 1.41 bits per heavy atom. The van der Waals surface area contributed by atoms with Crippen molar-refractivity contribution in [2.45, 2.75) is 32.9 Å². The predicted octanol–water partition coefficient (Wildman–Crippen LogP) is 2.49. The Labute approximate surface area is 128 Å². The standard InChI is InChI=1S/C16H19FN4O/c1-2-21-11-15(18-19-21)16(22)20(9-12-7-8-12)10-13-5-3-4-6-14(13)17/h3-6,11-12H,2,7-10H2,1H3. The molecule has 1 heterocycles. The SMILES string of the molecule is CCn1cc(C(=O)N(Cc2ccccc2F)CC2CC2)nn1. The molecule has 1 aliphatic carbocycles. The van der Waals surface area contributed by atoms with Gasteiger partial charge in [-0.05, 0) is 31.7 Å². The van der Waals surface area contributed by atoms with Gasteiger partial charge in [-0.25, -0.2) is 4.39 Å². The summed E-state index contributed by atoms with van der Waals surface area (Å²) in [6.45, 7) is 3.51. The monoisotopic (exact) mass is 302 g/mol. The van der Waals surface area contributed by atoms with Gasteiger partial charge in [0.05, 0.1) is 6.20 Å². The molecule has 1 saturated carbocycles. The van der Waals surface area contributed by atoms with Crippen molar-refractivity contribution in [3.63, 3.8) is 0 Å². The van der Waals surface area contributed by atoms with Crippen LogP contribution in [0.3, 0.4) is 0 Å². The second kappa shape index (κ2) is 6.25. The minimum atomic E-state index is -0.284. The number of amides is 1. The Hall–Kier alpha value is -2.24. The average Bonchev–Trinajstić information content (AvgIpc) is 3.21. The van der Waals surface area contributed by atoms with Crippen molar-refractivity contribution < 1.29 is 9.18 Å². The molecule has 1 fully saturated rings. The fourth-order valence-electron chi connectivity index (χ4n) is 2.38. The Bertz CT molecular complexity index is 666. The van der Waals surface area contributed by atoms with E-state index >= 15 is 0 Å². The number of carbonyl (C=O) groups excluding carboxylic acids is 1. The number of hydrogen-bond donors (Lipinski definition) is 0. The highest BCUT2D eigenvalue weighted by atomic mass is 19.1. The topological polar surface area (TPSA) is 51.0 Å². The number of benzene rings is 1. The molecule has 6 heteroatoms. The summed E-state index contributed by atoms with van der Waals surface area (Å²) in [6.07, 6.45) is 3.90. The quantitative estimate of drug-likeness (QED) is 0.824. The first-order valence-electron chi connectivity index (χ1n) is 7.60.